The monoisotopic (exact) mass is 460 g/mol. The van der Waals surface area contributed by atoms with Crippen LogP contribution in [0.3, 0.4) is 0 Å². The third kappa shape index (κ3) is 4.79. The number of hydrogen-bond donors (Lipinski definition) is 0. The number of anilines is 1. The van der Waals surface area contributed by atoms with Gasteiger partial charge in [0.2, 0.25) is 0 Å². The van der Waals surface area contributed by atoms with Gasteiger partial charge in [0.15, 0.2) is 12.3 Å². The molecule has 33 heavy (non-hydrogen) atoms. The number of carbonyl (C=O) groups excluding carboxylic acids is 1. The van der Waals surface area contributed by atoms with Gasteiger partial charge in [-0.2, -0.15) is 18.3 Å². The summed E-state index contributed by atoms with van der Waals surface area (Å²) in [7, 11) is 0. The molecule has 10 heteroatoms. The Morgan fingerprint density at radius 1 is 1.00 bits per heavy atom. The fourth-order valence-corrected chi connectivity index (χ4v) is 3.91. The molecule has 0 saturated carbocycles. The SMILES string of the molecule is CCn1nc(C(=O)N2CCN(c3ccccc3OCC(F)(F)F)CC2)c2ccccc2c1=O. The molecule has 1 aliphatic heterocycles. The Kier molecular flexibility index (Phi) is 6.26. The van der Waals surface area contributed by atoms with E-state index in [1.165, 1.54) is 10.7 Å². The number of hydrogen-bond acceptors (Lipinski definition) is 5. The van der Waals surface area contributed by atoms with E-state index in [-0.39, 0.29) is 22.9 Å². The van der Waals surface area contributed by atoms with Crippen molar-refractivity contribution in [1.29, 1.82) is 0 Å². The zero-order valence-corrected chi connectivity index (χ0v) is 18.0. The van der Waals surface area contributed by atoms with Crippen LogP contribution in [0.15, 0.2) is 53.3 Å². The molecule has 0 bridgehead atoms. The summed E-state index contributed by atoms with van der Waals surface area (Å²) in [4.78, 5) is 29.4. The first-order chi connectivity index (χ1) is 15.8. The van der Waals surface area contributed by atoms with E-state index < -0.39 is 12.8 Å². The topological polar surface area (TPSA) is 67.7 Å². The summed E-state index contributed by atoms with van der Waals surface area (Å²) in [6, 6.07) is 13.4. The van der Waals surface area contributed by atoms with Crippen LogP contribution in [0.1, 0.15) is 17.4 Å². The van der Waals surface area contributed by atoms with Crippen molar-refractivity contribution in [2.24, 2.45) is 0 Å². The van der Waals surface area contributed by atoms with Gasteiger partial charge >= 0.3 is 6.18 Å². The molecule has 0 radical (unpaired) electrons. The Bertz CT molecular complexity index is 1220. The van der Waals surface area contributed by atoms with Crippen LogP contribution >= 0.6 is 0 Å². The van der Waals surface area contributed by atoms with Crippen LogP contribution in [-0.2, 0) is 6.54 Å². The number of rotatable bonds is 5. The molecular weight excluding hydrogens is 437 g/mol. The lowest BCUT2D eigenvalue weighted by Gasteiger charge is -2.36. The number of benzene rings is 2. The first kappa shape index (κ1) is 22.6. The molecule has 0 atom stereocenters. The first-order valence-electron chi connectivity index (χ1n) is 10.6. The lowest BCUT2D eigenvalue weighted by atomic mass is 10.1. The van der Waals surface area contributed by atoms with Crippen LogP contribution in [-0.4, -0.2) is 59.5 Å². The van der Waals surface area contributed by atoms with Crippen molar-refractivity contribution in [3.63, 3.8) is 0 Å². The molecular formula is C23H23F3N4O3. The molecule has 1 aliphatic rings. The van der Waals surface area contributed by atoms with Crippen molar-refractivity contribution in [3.05, 3.63) is 64.6 Å². The van der Waals surface area contributed by atoms with E-state index in [0.29, 0.717) is 49.2 Å². The summed E-state index contributed by atoms with van der Waals surface area (Å²) in [5.74, 6) is -0.132. The molecule has 2 heterocycles. The van der Waals surface area contributed by atoms with Gasteiger partial charge < -0.3 is 14.5 Å². The van der Waals surface area contributed by atoms with Gasteiger partial charge in [0.1, 0.15) is 5.75 Å². The van der Waals surface area contributed by atoms with Crippen molar-refractivity contribution >= 4 is 22.4 Å². The highest BCUT2D eigenvalue weighted by Gasteiger charge is 2.30. The van der Waals surface area contributed by atoms with Gasteiger partial charge in [0, 0.05) is 38.1 Å². The third-order valence-electron chi connectivity index (χ3n) is 5.53. The van der Waals surface area contributed by atoms with E-state index in [9.17, 15) is 22.8 Å². The molecule has 2 aromatic carbocycles. The number of ether oxygens (including phenoxy) is 1. The molecule has 7 nitrogen and oxygen atoms in total. The second kappa shape index (κ2) is 9.13. The molecule has 0 spiro atoms. The lowest BCUT2D eigenvalue weighted by Crippen LogP contribution is -2.49. The second-order valence-electron chi connectivity index (χ2n) is 7.67. The number of piperazine rings is 1. The van der Waals surface area contributed by atoms with E-state index in [2.05, 4.69) is 5.10 Å². The molecule has 3 aromatic rings. The van der Waals surface area contributed by atoms with Gasteiger partial charge in [-0.25, -0.2) is 4.68 Å². The Balaban J connectivity index is 1.52. The van der Waals surface area contributed by atoms with E-state index in [4.69, 9.17) is 4.74 Å². The largest absolute Gasteiger partial charge is 0.482 e. The number of alkyl halides is 3. The molecule has 0 unspecified atom stereocenters. The predicted molar refractivity (Wildman–Crippen MR) is 118 cm³/mol. The van der Waals surface area contributed by atoms with Gasteiger partial charge in [0.25, 0.3) is 11.5 Å². The maximum absolute atomic E-state index is 13.3. The van der Waals surface area contributed by atoms with Crippen molar-refractivity contribution < 1.29 is 22.7 Å². The quantitative estimate of drug-likeness (QED) is 0.585. The highest BCUT2D eigenvalue weighted by Crippen LogP contribution is 2.30. The van der Waals surface area contributed by atoms with Crippen LogP contribution in [0.2, 0.25) is 0 Å². The smallest absolute Gasteiger partial charge is 0.422 e. The van der Waals surface area contributed by atoms with Crippen molar-refractivity contribution in [1.82, 2.24) is 14.7 Å². The molecule has 1 amide bonds. The molecule has 174 valence electrons. The standard InChI is InChI=1S/C23H23F3N4O3/c1-2-30-21(31)17-8-4-3-7-16(17)20(27-30)22(32)29-13-11-28(12-14-29)18-9-5-6-10-19(18)33-15-23(24,25)26/h3-10H,2,11-15H2,1H3. The number of halogens is 3. The average molecular weight is 460 g/mol. The minimum atomic E-state index is -4.43. The zero-order valence-electron chi connectivity index (χ0n) is 18.0. The molecule has 4 rings (SSSR count). The van der Waals surface area contributed by atoms with Crippen LogP contribution < -0.4 is 15.2 Å². The summed E-state index contributed by atoms with van der Waals surface area (Å²) < 4.78 is 44.1. The van der Waals surface area contributed by atoms with Gasteiger partial charge in [0.05, 0.1) is 11.1 Å². The number of nitrogens with zero attached hydrogens (tertiary/aromatic N) is 4. The Morgan fingerprint density at radius 2 is 1.64 bits per heavy atom. The summed E-state index contributed by atoms with van der Waals surface area (Å²) in [5, 5.41) is 5.25. The number of fused-ring (bicyclic) bond motifs is 1. The highest BCUT2D eigenvalue weighted by atomic mass is 19.4. The Labute approximate surface area is 188 Å². The highest BCUT2D eigenvalue weighted by molar-refractivity contribution is 6.04. The number of carbonyl (C=O) groups is 1. The minimum absolute atomic E-state index is 0.150. The van der Waals surface area contributed by atoms with Gasteiger partial charge in [-0.15, -0.1) is 0 Å². The summed E-state index contributed by atoms with van der Waals surface area (Å²) in [6.07, 6.45) is -4.43. The van der Waals surface area contributed by atoms with Gasteiger partial charge in [-0.3, -0.25) is 9.59 Å². The van der Waals surface area contributed by atoms with E-state index in [1.807, 2.05) is 4.90 Å². The maximum atomic E-state index is 13.3. The number of para-hydroxylation sites is 2. The van der Waals surface area contributed by atoms with Crippen LogP contribution in [0.4, 0.5) is 18.9 Å². The molecule has 1 fully saturated rings. The normalized spacial score (nSPS) is 14.5. The molecule has 0 N–H and O–H groups in total. The average Bonchev–Trinajstić information content (AvgIpc) is 2.83. The predicted octanol–water partition coefficient (Wildman–Crippen LogP) is 3.32. The fourth-order valence-electron chi connectivity index (χ4n) is 3.91. The van der Waals surface area contributed by atoms with Crippen LogP contribution in [0.5, 0.6) is 5.75 Å². The summed E-state index contributed by atoms with van der Waals surface area (Å²) in [6.45, 7) is 2.31. The summed E-state index contributed by atoms with van der Waals surface area (Å²) >= 11 is 0. The van der Waals surface area contributed by atoms with Gasteiger partial charge in [-0.1, -0.05) is 30.3 Å². The van der Waals surface area contributed by atoms with Crippen LogP contribution in [0, 0.1) is 0 Å². The Hall–Kier alpha value is -3.56. The van der Waals surface area contributed by atoms with Gasteiger partial charge in [-0.05, 0) is 25.1 Å². The number of amides is 1. The molecule has 0 aliphatic carbocycles. The first-order valence-corrected chi connectivity index (χ1v) is 10.6. The van der Waals surface area contributed by atoms with Crippen molar-refractivity contribution in [3.8, 4) is 5.75 Å². The van der Waals surface area contributed by atoms with E-state index in [0.717, 1.165) is 0 Å². The fraction of sp³-hybridized carbons (Fsp3) is 0.348. The Morgan fingerprint density at radius 3 is 2.30 bits per heavy atom. The van der Waals surface area contributed by atoms with Crippen molar-refractivity contribution in [2.45, 2.75) is 19.6 Å². The van der Waals surface area contributed by atoms with E-state index in [1.54, 1.807) is 54.3 Å². The lowest BCUT2D eigenvalue weighted by molar-refractivity contribution is -0.153. The second-order valence-corrected chi connectivity index (χ2v) is 7.67. The molecule has 1 saturated heterocycles. The number of aromatic nitrogens is 2. The van der Waals surface area contributed by atoms with Crippen molar-refractivity contribution in [2.75, 3.05) is 37.7 Å². The van der Waals surface area contributed by atoms with E-state index >= 15 is 0 Å². The molecule has 1 aromatic heterocycles. The maximum Gasteiger partial charge on any atom is 0.422 e. The van der Waals surface area contributed by atoms with Crippen LogP contribution in [0.25, 0.3) is 10.8 Å². The minimum Gasteiger partial charge on any atom is -0.482 e. The third-order valence-corrected chi connectivity index (χ3v) is 5.53. The number of aryl methyl sites for hydroxylation is 1. The summed E-state index contributed by atoms with van der Waals surface area (Å²) in [5.41, 5.74) is 0.524. The zero-order chi connectivity index (χ0) is 23.6.